The average molecular weight is 601 g/mol. The molecule has 0 bridgehead atoms. The first-order chi connectivity index (χ1) is 19.0. The zero-order valence-corrected chi connectivity index (χ0v) is 24.9. The SMILES string of the molecule is CCCCCCCCCCCCCCCCN1C(=O)C(=O)C(=C(O)c2cccc(Br)c2)C1c1ccccc1F. The van der Waals surface area contributed by atoms with Crippen LogP contribution in [-0.4, -0.2) is 28.2 Å². The number of aliphatic hydroxyl groups is 1. The second-order valence-electron chi connectivity index (χ2n) is 10.6. The third-order valence-corrected chi connectivity index (χ3v) is 8.08. The molecule has 1 aliphatic heterocycles. The van der Waals surface area contributed by atoms with Crippen molar-refractivity contribution in [3.63, 3.8) is 0 Å². The first-order valence-electron chi connectivity index (χ1n) is 14.7. The summed E-state index contributed by atoms with van der Waals surface area (Å²) in [6.07, 6.45) is 17.2. The van der Waals surface area contributed by atoms with Crippen molar-refractivity contribution in [3.05, 3.63) is 75.5 Å². The van der Waals surface area contributed by atoms with E-state index in [1.54, 1.807) is 42.5 Å². The maximum atomic E-state index is 14.9. The molecule has 1 aliphatic rings. The predicted octanol–water partition coefficient (Wildman–Crippen LogP) is 9.49. The van der Waals surface area contributed by atoms with Gasteiger partial charge in [-0.2, -0.15) is 0 Å². The Morgan fingerprint density at radius 1 is 0.821 bits per heavy atom. The summed E-state index contributed by atoms with van der Waals surface area (Å²) in [5.74, 6) is -2.25. The molecule has 1 amide bonds. The molecule has 0 aliphatic carbocycles. The Hall–Kier alpha value is -2.47. The zero-order chi connectivity index (χ0) is 28.0. The van der Waals surface area contributed by atoms with Crippen LogP contribution in [0.15, 0.2) is 58.6 Å². The Labute approximate surface area is 241 Å². The van der Waals surface area contributed by atoms with Gasteiger partial charge >= 0.3 is 0 Å². The highest BCUT2D eigenvalue weighted by molar-refractivity contribution is 9.10. The van der Waals surface area contributed by atoms with Gasteiger partial charge in [0.05, 0.1) is 11.6 Å². The Morgan fingerprint density at radius 3 is 1.95 bits per heavy atom. The van der Waals surface area contributed by atoms with Crippen LogP contribution in [0.5, 0.6) is 0 Å². The number of ketones is 1. The van der Waals surface area contributed by atoms with Crippen molar-refractivity contribution in [3.8, 4) is 0 Å². The van der Waals surface area contributed by atoms with E-state index in [4.69, 9.17) is 0 Å². The highest BCUT2D eigenvalue weighted by Crippen LogP contribution is 2.40. The molecule has 0 spiro atoms. The molecule has 0 saturated carbocycles. The fourth-order valence-corrected chi connectivity index (χ4v) is 5.80. The van der Waals surface area contributed by atoms with Gasteiger partial charge in [0, 0.05) is 22.1 Å². The van der Waals surface area contributed by atoms with E-state index >= 15 is 0 Å². The maximum Gasteiger partial charge on any atom is 0.295 e. The third-order valence-electron chi connectivity index (χ3n) is 7.59. The van der Waals surface area contributed by atoms with Gasteiger partial charge in [-0.1, -0.05) is 137 Å². The van der Waals surface area contributed by atoms with E-state index in [2.05, 4.69) is 22.9 Å². The molecule has 1 fully saturated rings. The van der Waals surface area contributed by atoms with E-state index in [0.717, 1.165) is 30.2 Å². The van der Waals surface area contributed by atoms with Crippen molar-refractivity contribution in [2.24, 2.45) is 0 Å². The number of unbranched alkanes of at least 4 members (excludes halogenated alkanes) is 13. The number of likely N-dealkylation sites (tertiary alicyclic amines) is 1. The van der Waals surface area contributed by atoms with Crippen LogP contribution in [-0.2, 0) is 9.59 Å². The van der Waals surface area contributed by atoms with Gasteiger partial charge in [0.1, 0.15) is 11.6 Å². The van der Waals surface area contributed by atoms with Crippen LogP contribution in [0.25, 0.3) is 5.76 Å². The predicted molar refractivity (Wildman–Crippen MR) is 160 cm³/mol. The van der Waals surface area contributed by atoms with Crippen LogP contribution in [0.2, 0.25) is 0 Å². The number of carbonyl (C=O) groups is 2. The Morgan fingerprint density at radius 2 is 1.38 bits per heavy atom. The summed E-state index contributed by atoms with van der Waals surface area (Å²) in [6, 6.07) is 12.1. The van der Waals surface area contributed by atoms with Crippen LogP contribution in [0.1, 0.15) is 114 Å². The summed E-state index contributed by atoms with van der Waals surface area (Å²) >= 11 is 3.38. The highest BCUT2D eigenvalue weighted by Gasteiger charge is 2.46. The van der Waals surface area contributed by atoms with Gasteiger partial charge in [-0.05, 0) is 24.6 Å². The Balaban J connectivity index is 1.54. The van der Waals surface area contributed by atoms with Crippen molar-refractivity contribution < 1.29 is 19.1 Å². The van der Waals surface area contributed by atoms with Crippen molar-refractivity contribution >= 4 is 33.4 Å². The molecule has 1 heterocycles. The molecule has 39 heavy (non-hydrogen) atoms. The molecule has 3 rings (SSSR count). The van der Waals surface area contributed by atoms with Crippen LogP contribution >= 0.6 is 15.9 Å². The smallest absolute Gasteiger partial charge is 0.295 e. The minimum absolute atomic E-state index is 0.0615. The molecule has 1 unspecified atom stereocenters. The van der Waals surface area contributed by atoms with E-state index in [9.17, 15) is 19.1 Å². The van der Waals surface area contributed by atoms with Crippen LogP contribution in [0, 0.1) is 5.82 Å². The summed E-state index contributed by atoms with van der Waals surface area (Å²) in [6.45, 7) is 2.59. The molecule has 2 aromatic rings. The number of hydrogen-bond acceptors (Lipinski definition) is 3. The van der Waals surface area contributed by atoms with Gasteiger partial charge in [0.25, 0.3) is 11.7 Å². The maximum absolute atomic E-state index is 14.9. The second-order valence-corrected chi connectivity index (χ2v) is 11.5. The summed E-state index contributed by atoms with van der Waals surface area (Å²) in [5.41, 5.74) is 0.562. The lowest BCUT2D eigenvalue weighted by atomic mass is 9.95. The lowest BCUT2D eigenvalue weighted by Gasteiger charge is -2.25. The number of rotatable bonds is 17. The van der Waals surface area contributed by atoms with Crippen molar-refractivity contribution in [1.29, 1.82) is 0 Å². The normalized spacial score (nSPS) is 16.8. The van der Waals surface area contributed by atoms with Gasteiger partial charge in [-0.25, -0.2) is 4.39 Å². The molecule has 212 valence electrons. The quantitative estimate of drug-likeness (QED) is 0.0852. The molecule has 6 heteroatoms. The molecule has 1 N–H and O–H groups in total. The van der Waals surface area contributed by atoms with Crippen molar-refractivity contribution in [2.45, 2.75) is 103 Å². The number of benzene rings is 2. The summed E-state index contributed by atoms with van der Waals surface area (Å²) in [5, 5.41) is 11.1. The van der Waals surface area contributed by atoms with Gasteiger partial charge in [0.2, 0.25) is 0 Å². The summed E-state index contributed by atoms with van der Waals surface area (Å²) in [4.78, 5) is 27.6. The third kappa shape index (κ3) is 9.02. The van der Waals surface area contributed by atoms with Crippen LogP contribution in [0.4, 0.5) is 4.39 Å². The van der Waals surface area contributed by atoms with Gasteiger partial charge < -0.3 is 10.0 Å². The van der Waals surface area contributed by atoms with Crippen molar-refractivity contribution in [2.75, 3.05) is 6.54 Å². The molecular weight excluding hydrogens is 557 g/mol. The van der Waals surface area contributed by atoms with Gasteiger partial charge in [0.15, 0.2) is 0 Å². The number of carbonyl (C=O) groups excluding carboxylic acids is 2. The molecule has 4 nitrogen and oxygen atoms in total. The average Bonchev–Trinajstić information content (AvgIpc) is 3.18. The standard InChI is InChI=1S/C33H43BrFNO3/c1-2-3-4-5-6-7-8-9-10-11-12-13-14-17-23-36-30(27-21-15-16-22-28(27)35)29(32(38)33(36)39)31(37)25-19-18-20-26(34)24-25/h15-16,18-22,24,30,37H,2-14,17,23H2,1H3. The van der Waals surface area contributed by atoms with E-state index in [1.807, 2.05) is 0 Å². The largest absolute Gasteiger partial charge is 0.507 e. The molecule has 1 atom stereocenters. The molecule has 0 radical (unpaired) electrons. The molecule has 2 aromatic carbocycles. The van der Waals surface area contributed by atoms with E-state index in [-0.39, 0.29) is 16.9 Å². The minimum atomic E-state index is -0.952. The zero-order valence-electron chi connectivity index (χ0n) is 23.3. The second kappa shape index (κ2) is 16.6. The Kier molecular flexibility index (Phi) is 13.2. The van der Waals surface area contributed by atoms with Crippen LogP contribution < -0.4 is 0 Å². The molecule has 1 saturated heterocycles. The molecular formula is C33H43BrFNO3. The first-order valence-corrected chi connectivity index (χ1v) is 15.5. The van der Waals surface area contributed by atoms with E-state index < -0.39 is 23.5 Å². The van der Waals surface area contributed by atoms with E-state index in [1.165, 1.54) is 75.2 Å². The number of Topliss-reactive ketones (excluding diaryl/α,β-unsaturated/α-hetero) is 1. The number of hydrogen-bond donors (Lipinski definition) is 1. The number of aliphatic hydroxyl groups excluding tert-OH is 1. The monoisotopic (exact) mass is 599 g/mol. The fraction of sp³-hybridized carbons (Fsp3) is 0.515. The summed E-state index contributed by atoms with van der Waals surface area (Å²) < 4.78 is 15.6. The Bertz CT molecular complexity index is 1120. The van der Waals surface area contributed by atoms with Crippen LogP contribution in [0.3, 0.4) is 0 Å². The minimum Gasteiger partial charge on any atom is -0.507 e. The topological polar surface area (TPSA) is 57.6 Å². The fourth-order valence-electron chi connectivity index (χ4n) is 5.40. The molecule has 0 aromatic heterocycles. The number of nitrogens with zero attached hydrogens (tertiary/aromatic N) is 1. The van der Waals surface area contributed by atoms with Crippen molar-refractivity contribution in [1.82, 2.24) is 4.90 Å². The lowest BCUT2D eigenvalue weighted by molar-refractivity contribution is -0.140. The summed E-state index contributed by atoms with van der Waals surface area (Å²) in [7, 11) is 0. The highest BCUT2D eigenvalue weighted by atomic mass is 79.9. The van der Waals surface area contributed by atoms with E-state index in [0.29, 0.717) is 12.1 Å². The number of amides is 1. The van der Waals surface area contributed by atoms with Gasteiger partial charge in [-0.3, -0.25) is 9.59 Å². The first kappa shape index (κ1) is 31.1. The lowest BCUT2D eigenvalue weighted by Crippen LogP contribution is -2.31. The van der Waals surface area contributed by atoms with Gasteiger partial charge in [-0.15, -0.1) is 0 Å². The number of halogens is 2.